The second-order valence-corrected chi connectivity index (χ2v) is 5.03. The van der Waals surface area contributed by atoms with Gasteiger partial charge in [-0.05, 0) is 25.3 Å². The monoisotopic (exact) mass is 211 g/mol. The van der Waals surface area contributed by atoms with E-state index in [0.29, 0.717) is 0 Å². The van der Waals surface area contributed by atoms with E-state index in [1.54, 1.807) is 0 Å². The first kappa shape index (κ1) is 10.1. The molecule has 0 amide bonds. The van der Waals surface area contributed by atoms with E-state index in [1.807, 2.05) is 17.9 Å². The molecule has 0 unspecified atom stereocenters. The molecule has 0 bridgehead atoms. The van der Waals surface area contributed by atoms with Crippen molar-refractivity contribution in [3.8, 4) is 0 Å². The van der Waals surface area contributed by atoms with Crippen LogP contribution in [0.2, 0.25) is 0 Å². The van der Waals surface area contributed by atoms with Gasteiger partial charge in [0.15, 0.2) is 0 Å². The van der Waals surface area contributed by atoms with Crippen molar-refractivity contribution in [3.05, 3.63) is 18.0 Å². The molecule has 0 aliphatic carbocycles. The number of rotatable bonds is 3. The highest BCUT2D eigenvalue weighted by Gasteiger charge is 2.20. The zero-order valence-corrected chi connectivity index (χ0v) is 9.63. The third kappa shape index (κ3) is 2.12. The van der Waals surface area contributed by atoms with Gasteiger partial charge in [-0.15, -0.1) is 0 Å². The zero-order valence-electron chi connectivity index (χ0n) is 8.81. The Bertz CT molecular complexity index is 291. The third-order valence-corrected chi connectivity index (χ3v) is 4.01. The molecule has 2 rings (SSSR count). The van der Waals surface area contributed by atoms with Crippen molar-refractivity contribution in [3.63, 3.8) is 0 Å². The highest BCUT2D eigenvalue weighted by molar-refractivity contribution is 7.99. The van der Waals surface area contributed by atoms with Crippen LogP contribution in [0.15, 0.2) is 12.3 Å². The van der Waals surface area contributed by atoms with Crippen LogP contribution in [-0.2, 0) is 13.6 Å². The average Bonchev–Trinajstić information content (AvgIpc) is 2.77. The summed E-state index contributed by atoms with van der Waals surface area (Å²) in [7, 11) is 4.22. The van der Waals surface area contributed by atoms with Crippen molar-refractivity contribution < 1.29 is 0 Å². The minimum absolute atomic E-state index is 0.759. The zero-order chi connectivity index (χ0) is 9.97. The SMILES string of the molecule is CN(Cc1ccnn1C)[C@H]1CCSC1. The Balaban J connectivity index is 1.93. The number of hydrogen-bond acceptors (Lipinski definition) is 3. The van der Waals surface area contributed by atoms with Gasteiger partial charge in [0.1, 0.15) is 0 Å². The van der Waals surface area contributed by atoms with Gasteiger partial charge in [-0.3, -0.25) is 9.58 Å². The van der Waals surface area contributed by atoms with Gasteiger partial charge in [0, 0.05) is 31.6 Å². The third-order valence-electron chi connectivity index (χ3n) is 2.86. The lowest BCUT2D eigenvalue weighted by molar-refractivity contribution is 0.248. The first-order valence-electron chi connectivity index (χ1n) is 5.02. The molecule has 1 atom stereocenters. The van der Waals surface area contributed by atoms with Crippen molar-refractivity contribution in [2.45, 2.75) is 19.0 Å². The maximum atomic E-state index is 4.18. The summed E-state index contributed by atoms with van der Waals surface area (Å²) in [6.45, 7) is 1.02. The summed E-state index contributed by atoms with van der Waals surface area (Å²) in [5, 5.41) is 4.18. The molecule has 1 aromatic rings. The molecule has 0 saturated carbocycles. The minimum Gasteiger partial charge on any atom is -0.297 e. The Morgan fingerprint density at radius 2 is 2.57 bits per heavy atom. The molecule has 1 aromatic heterocycles. The first-order chi connectivity index (χ1) is 6.77. The van der Waals surface area contributed by atoms with Crippen molar-refractivity contribution in [2.24, 2.45) is 7.05 Å². The van der Waals surface area contributed by atoms with Crippen molar-refractivity contribution in [2.75, 3.05) is 18.6 Å². The minimum atomic E-state index is 0.759. The van der Waals surface area contributed by atoms with Crippen molar-refractivity contribution in [1.29, 1.82) is 0 Å². The molecule has 3 nitrogen and oxygen atoms in total. The van der Waals surface area contributed by atoms with E-state index < -0.39 is 0 Å². The normalized spacial score (nSPS) is 22.1. The fourth-order valence-electron chi connectivity index (χ4n) is 1.81. The average molecular weight is 211 g/mol. The molecule has 1 aliphatic heterocycles. The molecule has 4 heteroatoms. The summed E-state index contributed by atoms with van der Waals surface area (Å²) in [6, 6.07) is 2.85. The van der Waals surface area contributed by atoms with Gasteiger partial charge in [-0.1, -0.05) is 0 Å². The Kier molecular flexibility index (Phi) is 3.13. The van der Waals surface area contributed by atoms with Crippen LogP contribution in [0.4, 0.5) is 0 Å². The molecule has 0 N–H and O–H groups in total. The molecular formula is C10H17N3S. The lowest BCUT2D eigenvalue weighted by Gasteiger charge is -2.23. The highest BCUT2D eigenvalue weighted by atomic mass is 32.2. The predicted molar refractivity (Wildman–Crippen MR) is 60.4 cm³/mol. The molecule has 0 spiro atoms. The van der Waals surface area contributed by atoms with Gasteiger partial charge in [-0.25, -0.2) is 0 Å². The molecule has 1 saturated heterocycles. The second-order valence-electron chi connectivity index (χ2n) is 3.88. The number of nitrogens with zero attached hydrogens (tertiary/aromatic N) is 3. The second kappa shape index (κ2) is 4.36. The van der Waals surface area contributed by atoms with Crippen LogP contribution < -0.4 is 0 Å². The Morgan fingerprint density at radius 1 is 1.71 bits per heavy atom. The van der Waals surface area contributed by atoms with E-state index in [0.717, 1.165) is 12.6 Å². The van der Waals surface area contributed by atoms with E-state index in [4.69, 9.17) is 0 Å². The van der Waals surface area contributed by atoms with Crippen LogP contribution >= 0.6 is 11.8 Å². The smallest absolute Gasteiger partial charge is 0.0521 e. The van der Waals surface area contributed by atoms with Gasteiger partial charge >= 0.3 is 0 Å². The van der Waals surface area contributed by atoms with Gasteiger partial charge in [-0.2, -0.15) is 16.9 Å². The highest BCUT2D eigenvalue weighted by Crippen LogP contribution is 2.22. The van der Waals surface area contributed by atoms with Crippen molar-refractivity contribution >= 4 is 11.8 Å². The summed E-state index contributed by atoms with van der Waals surface area (Å²) < 4.78 is 1.96. The topological polar surface area (TPSA) is 21.1 Å². The summed E-state index contributed by atoms with van der Waals surface area (Å²) in [6.07, 6.45) is 3.20. The van der Waals surface area contributed by atoms with Gasteiger partial charge < -0.3 is 0 Å². The summed E-state index contributed by atoms with van der Waals surface area (Å²) in [5.41, 5.74) is 1.30. The molecule has 0 radical (unpaired) electrons. The largest absolute Gasteiger partial charge is 0.297 e. The Hall–Kier alpha value is -0.480. The van der Waals surface area contributed by atoms with Crippen LogP contribution in [-0.4, -0.2) is 39.3 Å². The lowest BCUT2D eigenvalue weighted by atomic mass is 10.2. The number of thioether (sulfide) groups is 1. The fourth-order valence-corrected chi connectivity index (χ4v) is 3.11. The van der Waals surface area contributed by atoms with E-state index in [2.05, 4.69) is 34.9 Å². The van der Waals surface area contributed by atoms with Crippen LogP contribution in [0, 0.1) is 0 Å². The Labute approximate surface area is 89.5 Å². The number of aryl methyl sites for hydroxylation is 1. The Morgan fingerprint density at radius 3 is 3.14 bits per heavy atom. The summed E-state index contributed by atoms with van der Waals surface area (Å²) in [5.74, 6) is 2.61. The maximum absolute atomic E-state index is 4.18. The quantitative estimate of drug-likeness (QED) is 0.753. The van der Waals surface area contributed by atoms with Crippen LogP contribution in [0.1, 0.15) is 12.1 Å². The first-order valence-corrected chi connectivity index (χ1v) is 6.17. The molecule has 14 heavy (non-hydrogen) atoms. The van der Waals surface area contributed by atoms with Crippen LogP contribution in [0.3, 0.4) is 0 Å². The summed E-state index contributed by atoms with van der Waals surface area (Å²) in [4.78, 5) is 2.44. The van der Waals surface area contributed by atoms with Crippen LogP contribution in [0.25, 0.3) is 0 Å². The van der Waals surface area contributed by atoms with Gasteiger partial charge in [0.2, 0.25) is 0 Å². The van der Waals surface area contributed by atoms with Gasteiger partial charge in [0.25, 0.3) is 0 Å². The molecule has 0 aromatic carbocycles. The van der Waals surface area contributed by atoms with Crippen LogP contribution in [0.5, 0.6) is 0 Å². The lowest BCUT2D eigenvalue weighted by Crippen LogP contribution is -2.31. The predicted octanol–water partition coefficient (Wildman–Crippen LogP) is 1.36. The number of hydrogen-bond donors (Lipinski definition) is 0. The standard InChI is InChI=1S/C10H17N3S/c1-12(10-4-6-14-8-10)7-9-3-5-11-13(9)2/h3,5,10H,4,6-8H2,1-2H3/t10-/m0/s1. The molecular weight excluding hydrogens is 194 g/mol. The van der Waals surface area contributed by atoms with E-state index in [1.165, 1.54) is 23.6 Å². The summed E-state index contributed by atoms with van der Waals surface area (Å²) >= 11 is 2.06. The van der Waals surface area contributed by atoms with E-state index in [-0.39, 0.29) is 0 Å². The fraction of sp³-hybridized carbons (Fsp3) is 0.700. The van der Waals surface area contributed by atoms with Crippen molar-refractivity contribution in [1.82, 2.24) is 14.7 Å². The molecule has 1 aliphatic rings. The van der Waals surface area contributed by atoms with E-state index >= 15 is 0 Å². The maximum Gasteiger partial charge on any atom is 0.0521 e. The van der Waals surface area contributed by atoms with Gasteiger partial charge in [0.05, 0.1) is 5.69 Å². The number of aromatic nitrogens is 2. The molecule has 78 valence electrons. The molecule has 2 heterocycles. The molecule has 1 fully saturated rings. The van der Waals surface area contributed by atoms with E-state index in [9.17, 15) is 0 Å².